The van der Waals surface area contributed by atoms with Gasteiger partial charge in [0.25, 0.3) is 0 Å². The Hall–Kier alpha value is -2.27. The second kappa shape index (κ2) is 8.72. The van der Waals surface area contributed by atoms with Gasteiger partial charge < -0.3 is 15.0 Å². The average molecular weight is 360 g/mol. The number of amides is 1. The van der Waals surface area contributed by atoms with E-state index < -0.39 is 0 Å². The molecule has 1 aromatic heterocycles. The highest BCUT2D eigenvalue weighted by molar-refractivity contribution is 6.32. The summed E-state index contributed by atoms with van der Waals surface area (Å²) in [6.07, 6.45) is 3.37. The molecule has 1 N–H and O–H groups in total. The van der Waals surface area contributed by atoms with E-state index in [1.807, 2.05) is 42.5 Å². The van der Waals surface area contributed by atoms with E-state index in [4.69, 9.17) is 16.3 Å². The van der Waals surface area contributed by atoms with Crippen molar-refractivity contribution in [3.63, 3.8) is 0 Å². The topological polar surface area (TPSA) is 54.5 Å². The Morgan fingerprint density at radius 3 is 2.68 bits per heavy atom. The summed E-state index contributed by atoms with van der Waals surface area (Å²) in [6.45, 7) is 2.56. The number of anilines is 1. The van der Waals surface area contributed by atoms with Gasteiger partial charge >= 0.3 is 6.09 Å². The molecule has 3 rings (SSSR count). The molecule has 25 heavy (non-hydrogen) atoms. The molecule has 2 heterocycles. The van der Waals surface area contributed by atoms with Crippen molar-refractivity contribution in [3.05, 3.63) is 59.2 Å². The number of rotatable bonds is 5. The summed E-state index contributed by atoms with van der Waals surface area (Å²) in [5.74, 6) is 1.21. The van der Waals surface area contributed by atoms with Gasteiger partial charge in [-0.25, -0.2) is 9.78 Å². The zero-order chi connectivity index (χ0) is 17.5. The van der Waals surface area contributed by atoms with Crippen LogP contribution in [0.1, 0.15) is 18.4 Å². The number of nitrogens with zero attached hydrogens (tertiary/aromatic N) is 2. The molecule has 1 fully saturated rings. The quantitative estimate of drug-likeness (QED) is 0.869. The Labute approximate surface area is 153 Å². The van der Waals surface area contributed by atoms with Crippen LogP contribution in [-0.4, -0.2) is 35.6 Å². The minimum Gasteiger partial charge on any atom is -0.445 e. The molecule has 0 bridgehead atoms. The lowest BCUT2D eigenvalue weighted by Gasteiger charge is -2.31. The molecule has 0 radical (unpaired) electrons. The number of nitrogens with one attached hydrogen (secondary N) is 1. The van der Waals surface area contributed by atoms with Crippen LogP contribution in [0.15, 0.2) is 48.7 Å². The first-order valence-corrected chi connectivity index (χ1v) is 8.90. The lowest BCUT2D eigenvalue weighted by molar-refractivity contribution is 0.0832. The van der Waals surface area contributed by atoms with Gasteiger partial charge in [0.2, 0.25) is 0 Å². The maximum Gasteiger partial charge on any atom is 0.410 e. The van der Waals surface area contributed by atoms with E-state index in [1.54, 1.807) is 11.1 Å². The molecule has 0 unspecified atom stereocenters. The number of carbonyl (C=O) groups excluding carboxylic acids is 1. The van der Waals surface area contributed by atoms with E-state index in [1.165, 1.54) is 0 Å². The predicted molar refractivity (Wildman–Crippen MR) is 98.7 cm³/mol. The Morgan fingerprint density at radius 1 is 1.20 bits per heavy atom. The number of aromatic nitrogens is 1. The van der Waals surface area contributed by atoms with Crippen molar-refractivity contribution in [1.29, 1.82) is 0 Å². The van der Waals surface area contributed by atoms with Crippen molar-refractivity contribution >= 4 is 23.5 Å². The van der Waals surface area contributed by atoms with Gasteiger partial charge in [0, 0.05) is 25.8 Å². The van der Waals surface area contributed by atoms with Crippen LogP contribution in [-0.2, 0) is 11.3 Å². The van der Waals surface area contributed by atoms with E-state index in [-0.39, 0.29) is 6.09 Å². The van der Waals surface area contributed by atoms with Gasteiger partial charge in [-0.05, 0) is 36.5 Å². The number of hydrogen-bond acceptors (Lipinski definition) is 4. The summed E-state index contributed by atoms with van der Waals surface area (Å²) < 4.78 is 5.39. The van der Waals surface area contributed by atoms with E-state index in [2.05, 4.69) is 10.3 Å². The molecule has 0 spiro atoms. The second-order valence-electron chi connectivity index (χ2n) is 6.19. The van der Waals surface area contributed by atoms with E-state index >= 15 is 0 Å². The number of halogens is 1. The first kappa shape index (κ1) is 17.5. The summed E-state index contributed by atoms with van der Waals surface area (Å²) >= 11 is 6.10. The highest BCUT2D eigenvalue weighted by Gasteiger charge is 2.23. The lowest BCUT2D eigenvalue weighted by atomic mass is 9.97. The molecule has 6 heteroatoms. The van der Waals surface area contributed by atoms with Gasteiger partial charge in [-0.15, -0.1) is 0 Å². The first-order valence-electron chi connectivity index (χ1n) is 8.52. The zero-order valence-corrected chi connectivity index (χ0v) is 14.8. The molecule has 1 aromatic carbocycles. The van der Waals surface area contributed by atoms with Crippen LogP contribution < -0.4 is 5.32 Å². The van der Waals surface area contributed by atoms with Gasteiger partial charge in [-0.1, -0.05) is 41.9 Å². The number of benzene rings is 1. The number of piperidine rings is 1. The summed E-state index contributed by atoms with van der Waals surface area (Å²) in [5.41, 5.74) is 1.00. The Bertz CT molecular complexity index is 688. The molecule has 2 aromatic rings. The standard InChI is InChI=1S/C19H22ClN3O2/c20-17-7-4-10-21-18(17)22-13-15-8-11-23(12-9-15)19(24)25-14-16-5-2-1-3-6-16/h1-7,10,15H,8-9,11-14H2,(H,21,22). The fourth-order valence-corrected chi connectivity index (χ4v) is 3.08. The minimum atomic E-state index is -0.233. The summed E-state index contributed by atoms with van der Waals surface area (Å²) in [5, 5.41) is 3.92. The van der Waals surface area contributed by atoms with E-state index in [0.29, 0.717) is 23.4 Å². The van der Waals surface area contributed by atoms with Crippen LogP contribution in [0.25, 0.3) is 0 Å². The summed E-state index contributed by atoms with van der Waals surface area (Å²) in [6, 6.07) is 13.4. The van der Waals surface area contributed by atoms with Gasteiger partial charge in [0.1, 0.15) is 12.4 Å². The number of hydrogen-bond donors (Lipinski definition) is 1. The maximum absolute atomic E-state index is 12.2. The minimum absolute atomic E-state index is 0.233. The largest absolute Gasteiger partial charge is 0.445 e. The second-order valence-corrected chi connectivity index (χ2v) is 6.59. The SMILES string of the molecule is O=C(OCc1ccccc1)N1CCC(CNc2ncccc2Cl)CC1. The van der Waals surface area contributed by atoms with Gasteiger partial charge in [-0.2, -0.15) is 0 Å². The highest BCUT2D eigenvalue weighted by Crippen LogP contribution is 2.21. The van der Waals surface area contributed by atoms with Crippen molar-refractivity contribution in [2.75, 3.05) is 25.0 Å². The summed E-state index contributed by atoms with van der Waals surface area (Å²) in [4.78, 5) is 18.2. The van der Waals surface area contributed by atoms with Crippen LogP contribution in [0.2, 0.25) is 5.02 Å². The van der Waals surface area contributed by atoms with Crippen molar-refractivity contribution in [2.45, 2.75) is 19.4 Å². The third-order valence-corrected chi connectivity index (χ3v) is 4.70. The maximum atomic E-state index is 12.2. The van der Waals surface area contributed by atoms with E-state index in [0.717, 1.165) is 38.0 Å². The Kier molecular flexibility index (Phi) is 6.12. The monoisotopic (exact) mass is 359 g/mol. The molecule has 1 saturated heterocycles. The molecule has 0 aliphatic carbocycles. The first-order chi connectivity index (χ1) is 12.2. The van der Waals surface area contributed by atoms with Crippen LogP contribution in [0, 0.1) is 5.92 Å². The van der Waals surface area contributed by atoms with Gasteiger partial charge in [0.05, 0.1) is 5.02 Å². The fourth-order valence-electron chi connectivity index (χ4n) is 2.89. The molecule has 1 aliphatic heterocycles. The van der Waals surface area contributed by atoms with Crippen molar-refractivity contribution in [1.82, 2.24) is 9.88 Å². The van der Waals surface area contributed by atoms with Gasteiger partial charge in [-0.3, -0.25) is 0 Å². The van der Waals surface area contributed by atoms with Crippen molar-refractivity contribution < 1.29 is 9.53 Å². The number of ether oxygens (including phenoxy) is 1. The van der Waals surface area contributed by atoms with Crippen LogP contribution >= 0.6 is 11.6 Å². The smallest absolute Gasteiger partial charge is 0.410 e. The highest BCUT2D eigenvalue weighted by atomic mass is 35.5. The zero-order valence-electron chi connectivity index (χ0n) is 14.0. The Morgan fingerprint density at radius 2 is 1.96 bits per heavy atom. The van der Waals surface area contributed by atoms with Crippen LogP contribution in [0.5, 0.6) is 0 Å². The average Bonchev–Trinajstić information content (AvgIpc) is 2.67. The summed E-state index contributed by atoms with van der Waals surface area (Å²) in [7, 11) is 0. The predicted octanol–water partition coefficient (Wildman–Crippen LogP) is 4.20. The van der Waals surface area contributed by atoms with Crippen LogP contribution in [0.3, 0.4) is 0 Å². The molecule has 0 atom stereocenters. The molecule has 132 valence electrons. The number of carbonyl (C=O) groups is 1. The normalized spacial score (nSPS) is 15.0. The number of likely N-dealkylation sites (tertiary alicyclic amines) is 1. The Balaban J connectivity index is 1.39. The van der Waals surface area contributed by atoms with Gasteiger partial charge in [0.15, 0.2) is 0 Å². The molecule has 1 amide bonds. The molecular formula is C19H22ClN3O2. The molecular weight excluding hydrogens is 338 g/mol. The third-order valence-electron chi connectivity index (χ3n) is 4.39. The molecule has 0 saturated carbocycles. The third kappa shape index (κ3) is 5.10. The fraction of sp³-hybridized carbons (Fsp3) is 0.368. The van der Waals surface area contributed by atoms with Crippen molar-refractivity contribution in [3.8, 4) is 0 Å². The lowest BCUT2D eigenvalue weighted by Crippen LogP contribution is -2.40. The number of pyridine rings is 1. The molecule has 1 aliphatic rings. The van der Waals surface area contributed by atoms with Crippen molar-refractivity contribution in [2.24, 2.45) is 5.92 Å². The van der Waals surface area contributed by atoms with Crippen LogP contribution in [0.4, 0.5) is 10.6 Å². The van der Waals surface area contributed by atoms with E-state index in [9.17, 15) is 4.79 Å². The molecule has 5 nitrogen and oxygen atoms in total.